The van der Waals surface area contributed by atoms with E-state index in [1.54, 1.807) is 11.8 Å². The van der Waals surface area contributed by atoms with Crippen LogP contribution in [0.15, 0.2) is 35.2 Å². The summed E-state index contributed by atoms with van der Waals surface area (Å²) >= 11 is 1.79. The number of rotatable bonds is 3. The van der Waals surface area contributed by atoms with E-state index in [0.29, 0.717) is 0 Å². The molecule has 21 heavy (non-hydrogen) atoms. The van der Waals surface area contributed by atoms with Gasteiger partial charge in [-0.1, -0.05) is 76.0 Å². The Labute approximate surface area is 133 Å². The normalized spacial score (nSPS) is 21.0. The molecule has 1 saturated carbocycles. The number of benzene rings is 1. The van der Waals surface area contributed by atoms with Crippen LogP contribution in [-0.2, 0) is 4.79 Å². The minimum absolute atomic E-state index is 0.194. The van der Waals surface area contributed by atoms with Crippen LogP contribution >= 0.6 is 11.8 Å². The Morgan fingerprint density at radius 2 is 1.24 bits per heavy atom. The third-order valence-corrected chi connectivity index (χ3v) is 5.90. The minimum Gasteiger partial charge on any atom is -0.302 e. The maximum Gasteiger partial charge on any atom is 0.136 e. The van der Waals surface area contributed by atoms with Crippen LogP contribution in [-0.4, -0.2) is 11.0 Å². The quantitative estimate of drug-likeness (QED) is 0.635. The highest BCUT2D eigenvalue weighted by atomic mass is 32.2. The SMILES string of the molecule is O=CC1(Sc2ccccc2)CCCCCCCCCCC1. The summed E-state index contributed by atoms with van der Waals surface area (Å²) in [5.41, 5.74) is 0. The van der Waals surface area contributed by atoms with Gasteiger partial charge in [-0.3, -0.25) is 0 Å². The molecule has 0 saturated heterocycles. The lowest BCUT2D eigenvalue weighted by Gasteiger charge is -2.28. The van der Waals surface area contributed by atoms with E-state index in [-0.39, 0.29) is 4.75 Å². The molecule has 0 spiro atoms. The average molecular weight is 304 g/mol. The zero-order valence-corrected chi connectivity index (χ0v) is 13.9. The van der Waals surface area contributed by atoms with E-state index in [9.17, 15) is 4.79 Å². The molecule has 0 bridgehead atoms. The molecule has 1 aromatic carbocycles. The fourth-order valence-electron chi connectivity index (χ4n) is 3.18. The van der Waals surface area contributed by atoms with Crippen LogP contribution in [0.2, 0.25) is 0 Å². The Morgan fingerprint density at radius 1 is 0.762 bits per heavy atom. The molecule has 116 valence electrons. The maximum absolute atomic E-state index is 11.9. The molecule has 2 rings (SSSR count). The molecule has 0 radical (unpaired) electrons. The molecule has 1 nitrogen and oxygen atoms in total. The maximum atomic E-state index is 11.9. The van der Waals surface area contributed by atoms with Crippen LogP contribution in [0, 0.1) is 0 Å². The molecular weight excluding hydrogens is 276 g/mol. The van der Waals surface area contributed by atoms with E-state index in [0.717, 1.165) is 12.8 Å². The predicted molar refractivity (Wildman–Crippen MR) is 91.9 cm³/mol. The highest BCUT2D eigenvalue weighted by Crippen LogP contribution is 2.40. The van der Waals surface area contributed by atoms with Crippen molar-refractivity contribution in [2.24, 2.45) is 0 Å². The molecule has 1 aromatic rings. The van der Waals surface area contributed by atoms with Crippen LogP contribution < -0.4 is 0 Å². The Morgan fingerprint density at radius 3 is 1.71 bits per heavy atom. The van der Waals surface area contributed by atoms with Crippen LogP contribution in [0.1, 0.15) is 70.6 Å². The molecule has 1 aliphatic rings. The third-order valence-electron chi connectivity index (χ3n) is 4.48. The minimum atomic E-state index is -0.194. The number of carbonyl (C=O) groups is 1. The van der Waals surface area contributed by atoms with Gasteiger partial charge in [0, 0.05) is 4.90 Å². The lowest BCUT2D eigenvalue weighted by molar-refractivity contribution is -0.110. The Balaban J connectivity index is 2.01. The molecule has 0 heterocycles. The van der Waals surface area contributed by atoms with E-state index in [2.05, 4.69) is 24.3 Å². The first-order valence-electron chi connectivity index (χ1n) is 8.55. The van der Waals surface area contributed by atoms with Crippen molar-refractivity contribution in [1.82, 2.24) is 0 Å². The largest absolute Gasteiger partial charge is 0.302 e. The summed E-state index contributed by atoms with van der Waals surface area (Å²) in [5, 5.41) is 0. The van der Waals surface area contributed by atoms with Gasteiger partial charge < -0.3 is 4.79 Å². The summed E-state index contributed by atoms with van der Waals surface area (Å²) < 4.78 is -0.194. The van der Waals surface area contributed by atoms with Crippen LogP contribution in [0.25, 0.3) is 0 Å². The van der Waals surface area contributed by atoms with Crippen molar-refractivity contribution in [3.05, 3.63) is 30.3 Å². The third kappa shape index (κ3) is 5.86. The van der Waals surface area contributed by atoms with Gasteiger partial charge in [0.1, 0.15) is 6.29 Å². The molecule has 1 aliphatic carbocycles. The van der Waals surface area contributed by atoms with Crippen LogP contribution in [0.4, 0.5) is 0 Å². The van der Waals surface area contributed by atoms with Gasteiger partial charge in [0.2, 0.25) is 0 Å². The van der Waals surface area contributed by atoms with Crippen molar-refractivity contribution < 1.29 is 4.79 Å². The smallest absolute Gasteiger partial charge is 0.136 e. The van der Waals surface area contributed by atoms with Gasteiger partial charge in [-0.15, -0.1) is 11.8 Å². The van der Waals surface area contributed by atoms with Crippen molar-refractivity contribution >= 4 is 18.0 Å². The predicted octanol–water partition coefficient (Wildman–Crippen LogP) is 6.02. The average Bonchev–Trinajstić information content (AvgIpc) is 2.51. The van der Waals surface area contributed by atoms with Gasteiger partial charge in [0.05, 0.1) is 4.75 Å². The zero-order valence-electron chi connectivity index (χ0n) is 13.1. The number of hydrogen-bond acceptors (Lipinski definition) is 2. The zero-order chi connectivity index (χ0) is 14.8. The second kappa shape index (κ2) is 9.30. The van der Waals surface area contributed by atoms with Gasteiger partial charge in [0.25, 0.3) is 0 Å². The summed E-state index contributed by atoms with van der Waals surface area (Å²) in [7, 11) is 0. The highest BCUT2D eigenvalue weighted by molar-refractivity contribution is 8.01. The first-order valence-corrected chi connectivity index (χ1v) is 9.37. The van der Waals surface area contributed by atoms with E-state index >= 15 is 0 Å². The van der Waals surface area contributed by atoms with Gasteiger partial charge in [-0.2, -0.15) is 0 Å². The fourth-order valence-corrected chi connectivity index (χ4v) is 4.48. The summed E-state index contributed by atoms with van der Waals surface area (Å²) in [6, 6.07) is 10.4. The second-order valence-electron chi connectivity index (χ2n) is 6.28. The molecule has 0 unspecified atom stereocenters. The first kappa shape index (κ1) is 16.6. The molecule has 0 aliphatic heterocycles. The van der Waals surface area contributed by atoms with E-state index in [1.807, 2.05) is 6.07 Å². The fraction of sp³-hybridized carbons (Fsp3) is 0.632. The molecule has 0 N–H and O–H groups in total. The molecule has 0 aromatic heterocycles. The number of carbonyl (C=O) groups excluding carboxylic acids is 1. The number of aldehydes is 1. The number of thioether (sulfide) groups is 1. The van der Waals surface area contributed by atoms with E-state index < -0.39 is 0 Å². The van der Waals surface area contributed by atoms with Crippen molar-refractivity contribution in [2.45, 2.75) is 80.3 Å². The lowest BCUT2D eigenvalue weighted by Crippen LogP contribution is -2.26. The number of hydrogen-bond donors (Lipinski definition) is 0. The van der Waals surface area contributed by atoms with E-state index in [1.165, 1.54) is 69.0 Å². The van der Waals surface area contributed by atoms with E-state index in [4.69, 9.17) is 0 Å². The first-order chi connectivity index (χ1) is 10.3. The van der Waals surface area contributed by atoms with Gasteiger partial charge >= 0.3 is 0 Å². The molecule has 0 amide bonds. The summed E-state index contributed by atoms with van der Waals surface area (Å²) in [4.78, 5) is 13.1. The Bertz CT molecular complexity index is 389. The Hall–Kier alpha value is -0.760. The molecule has 1 fully saturated rings. The monoisotopic (exact) mass is 304 g/mol. The van der Waals surface area contributed by atoms with Crippen molar-refractivity contribution in [1.29, 1.82) is 0 Å². The van der Waals surface area contributed by atoms with Gasteiger partial charge in [-0.25, -0.2) is 0 Å². The van der Waals surface area contributed by atoms with Crippen LogP contribution in [0.5, 0.6) is 0 Å². The lowest BCUT2D eigenvalue weighted by atomic mass is 9.93. The summed E-state index contributed by atoms with van der Waals surface area (Å²) in [6.07, 6.45) is 15.1. The van der Waals surface area contributed by atoms with Gasteiger partial charge in [-0.05, 0) is 25.0 Å². The van der Waals surface area contributed by atoms with Gasteiger partial charge in [0.15, 0.2) is 0 Å². The second-order valence-corrected chi connectivity index (χ2v) is 7.77. The topological polar surface area (TPSA) is 17.1 Å². The van der Waals surface area contributed by atoms with Crippen LogP contribution in [0.3, 0.4) is 0 Å². The molecule has 2 heteroatoms. The van der Waals surface area contributed by atoms with Crippen molar-refractivity contribution in [3.8, 4) is 0 Å². The molecular formula is C19H28OS. The highest BCUT2D eigenvalue weighted by Gasteiger charge is 2.30. The van der Waals surface area contributed by atoms with Crippen molar-refractivity contribution in [2.75, 3.05) is 0 Å². The standard InChI is InChI=1S/C19H28OS/c20-17-19(21-18-13-9-8-10-14-18)15-11-6-4-2-1-3-5-7-12-16-19/h8-10,13-14,17H,1-7,11-12,15-16H2. The van der Waals surface area contributed by atoms with Crippen molar-refractivity contribution in [3.63, 3.8) is 0 Å². The summed E-state index contributed by atoms with van der Waals surface area (Å²) in [6.45, 7) is 0. The summed E-state index contributed by atoms with van der Waals surface area (Å²) in [5.74, 6) is 0. The molecule has 0 atom stereocenters. The Kier molecular flexibility index (Phi) is 7.35.